The van der Waals surface area contributed by atoms with Gasteiger partial charge in [0.2, 0.25) is 5.50 Å². The second-order valence-corrected chi connectivity index (χ2v) is 12.9. The van der Waals surface area contributed by atoms with E-state index in [1.54, 1.807) is 0 Å². The average molecular weight is 583 g/mol. The summed E-state index contributed by atoms with van der Waals surface area (Å²) in [5.41, 5.74) is -2.10. The molecule has 0 heterocycles. The number of nitrogens with zero attached hydrogens (tertiary/aromatic N) is 1. The maximum atomic E-state index is 12.6. The lowest BCUT2D eigenvalue weighted by molar-refractivity contribution is -0.921. The Morgan fingerprint density at radius 2 is 0.718 bits per heavy atom. The fourth-order valence-corrected chi connectivity index (χ4v) is 5.31. The highest BCUT2D eigenvalue weighted by atomic mass is 32.2. The van der Waals surface area contributed by atoms with Crippen molar-refractivity contribution in [2.24, 2.45) is 0 Å². The molecule has 0 aliphatic heterocycles. The highest BCUT2D eigenvalue weighted by Gasteiger charge is 2.20. The van der Waals surface area contributed by atoms with Gasteiger partial charge in [-0.25, -0.2) is 4.39 Å². The Morgan fingerprint density at radius 3 is 0.897 bits per heavy atom. The lowest BCUT2D eigenvalue weighted by Crippen LogP contribution is -2.47. The predicted molar refractivity (Wildman–Crippen MR) is 173 cm³/mol. The summed E-state index contributed by atoms with van der Waals surface area (Å²) in [5.74, 6) is 0. The van der Waals surface area contributed by atoms with Crippen LogP contribution in [0.3, 0.4) is 0 Å². The molecule has 0 aromatic rings. The zero-order valence-corrected chi connectivity index (χ0v) is 28.6. The van der Waals surface area contributed by atoms with Crippen LogP contribution in [-0.4, -0.2) is 49.1 Å². The molecule has 1 N–H and O–H groups in total. The van der Waals surface area contributed by atoms with Gasteiger partial charge in [0.25, 0.3) is 10.1 Å². The minimum atomic E-state index is -4.46. The van der Waals surface area contributed by atoms with Gasteiger partial charge in [-0.05, 0) is 40.5 Å². The van der Waals surface area contributed by atoms with Crippen LogP contribution in [0.2, 0.25) is 0 Å². The zero-order valence-electron chi connectivity index (χ0n) is 27.8. The molecule has 0 saturated heterocycles. The van der Waals surface area contributed by atoms with Gasteiger partial charge < -0.3 is 4.48 Å². The summed E-state index contributed by atoms with van der Waals surface area (Å²) in [7, 11) is -4.46. The number of hydrogen-bond acceptors (Lipinski definition) is 2. The van der Waals surface area contributed by atoms with Crippen LogP contribution >= 0.6 is 0 Å². The van der Waals surface area contributed by atoms with Crippen LogP contribution in [0.5, 0.6) is 0 Å². The summed E-state index contributed by atoms with van der Waals surface area (Å²) >= 11 is 0. The fraction of sp³-hybridized carbons (Fsp3) is 1.00. The molecule has 0 aliphatic rings. The molecule has 0 aromatic carbocycles. The lowest BCUT2D eigenvalue weighted by atomic mass is 10.0. The summed E-state index contributed by atoms with van der Waals surface area (Å²) < 4.78 is 42.6. The van der Waals surface area contributed by atoms with Crippen molar-refractivity contribution < 1.29 is 21.8 Å². The van der Waals surface area contributed by atoms with Crippen LogP contribution in [0.1, 0.15) is 183 Å². The molecule has 0 bridgehead atoms. The third-order valence-corrected chi connectivity index (χ3v) is 9.13. The Balaban J connectivity index is -0.000000524. The van der Waals surface area contributed by atoms with Crippen LogP contribution in [-0.2, 0) is 10.1 Å². The summed E-state index contributed by atoms with van der Waals surface area (Å²) in [6.45, 7) is 20.9. The first-order chi connectivity index (χ1) is 18.6. The second kappa shape index (κ2) is 32.3. The standard InChI is InChI=1S/C17H36.C8H17FO3S.C8H20N/c1-3-5-7-9-11-13-15-17-16-14-12-10-8-6-4-2;1-2-3-4-5-6-7-8(9)13(10,11)12;1-5-9(6-2,7-3)8-4/h3-17H2,1-2H3;8H,2-7H2,1H3,(H,10,11,12);5-8H2,1-4H3/q;;+1. The number of alkyl halides is 1. The van der Waals surface area contributed by atoms with E-state index >= 15 is 0 Å². The second-order valence-electron chi connectivity index (χ2n) is 11.3. The van der Waals surface area contributed by atoms with Crippen LogP contribution in [0.4, 0.5) is 4.39 Å². The van der Waals surface area contributed by atoms with Gasteiger partial charge in [0.1, 0.15) is 0 Å². The van der Waals surface area contributed by atoms with E-state index in [1.807, 2.05) is 0 Å². The van der Waals surface area contributed by atoms with Crippen molar-refractivity contribution in [2.45, 2.75) is 189 Å². The number of quaternary nitrogens is 1. The van der Waals surface area contributed by atoms with E-state index in [-0.39, 0.29) is 6.42 Å². The largest absolute Gasteiger partial charge is 0.325 e. The van der Waals surface area contributed by atoms with Crippen molar-refractivity contribution in [3.63, 3.8) is 0 Å². The highest BCUT2D eigenvalue weighted by Crippen LogP contribution is 2.14. The number of halogens is 1. The third-order valence-electron chi connectivity index (χ3n) is 8.25. The van der Waals surface area contributed by atoms with Gasteiger partial charge >= 0.3 is 0 Å². The molecule has 0 spiro atoms. The quantitative estimate of drug-likeness (QED) is 0.0661. The maximum absolute atomic E-state index is 12.6. The first kappa shape index (κ1) is 43.3. The van der Waals surface area contributed by atoms with Gasteiger partial charge in [-0.1, -0.05) is 143 Å². The smallest absolute Gasteiger partial charge is 0.297 e. The Morgan fingerprint density at radius 1 is 0.487 bits per heavy atom. The Bertz CT molecular complexity index is 522. The number of unbranched alkanes of at least 4 members (excludes halogenated alkanes) is 18. The zero-order chi connectivity index (χ0) is 30.3. The first-order valence-electron chi connectivity index (χ1n) is 17.1. The van der Waals surface area contributed by atoms with Crippen LogP contribution in [0.25, 0.3) is 0 Å². The number of rotatable bonds is 25. The van der Waals surface area contributed by atoms with E-state index < -0.39 is 15.6 Å². The van der Waals surface area contributed by atoms with Crippen molar-refractivity contribution in [3.05, 3.63) is 0 Å². The molecular weight excluding hydrogens is 509 g/mol. The molecule has 39 heavy (non-hydrogen) atoms. The van der Waals surface area contributed by atoms with Gasteiger partial charge in [0, 0.05) is 0 Å². The Hall–Kier alpha value is -0.200. The van der Waals surface area contributed by atoms with Gasteiger partial charge in [0.05, 0.1) is 26.2 Å². The summed E-state index contributed by atoms with van der Waals surface area (Å²) in [5, 5.41) is 0. The van der Waals surface area contributed by atoms with E-state index in [4.69, 9.17) is 4.55 Å². The Labute approximate surface area is 246 Å². The van der Waals surface area contributed by atoms with Crippen molar-refractivity contribution >= 4 is 10.1 Å². The van der Waals surface area contributed by atoms with Crippen LogP contribution < -0.4 is 0 Å². The van der Waals surface area contributed by atoms with Crippen LogP contribution in [0.15, 0.2) is 0 Å². The molecule has 0 aliphatic carbocycles. The van der Waals surface area contributed by atoms with E-state index in [0.29, 0.717) is 6.42 Å². The SMILES string of the molecule is CCCCCCCC(F)S(=O)(=O)O.CCCCCCCCCCCCCCCCC.CC[N+](CC)(CC)CC. The van der Waals surface area contributed by atoms with Gasteiger partial charge in [-0.15, -0.1) is 0 Å². The van der Waals surface area contributed by atoms with E-state index in [1.165, 1.54) is 127 Å². The molecule has 1 unspecified atom stereocenters. The molecule has 0 rings (SSSR count). The van der Waals surface area contributed by atoms with Crippen molar-refractivity contribution in [3.8, 4) is 0 Å². The molecule has 0 saturated carbocycles. The topological polar surface area (TPSA) is 54.4 Å². The average Bonchev–Trinajstić information content (AvgIpc) is 2.93. The summed E-state index contributed by atoms with van der Waals surface area (Å²) in [6, 6.07) is 0. The maximum Gasteiger partial charge on any atom is 0.297 e. The number of hydrogen-bond donors (Lipinski definition) is 1. The van der Waals surface area contributed by atoms with Crippen LogP contribution in [0, 0.1) is 0 Å². The molecule has 0 fully saturated rings. The molecule has 6 heteroatoms. The van der Waals surface area contributed by atoms with E-state index in [9.17, 15) is 12.8 Å². The van der Waals surface area contributed by atoms with Crippen molar-refractivity contribution in [2.75, 3.05) is 26.2 Å². The Kier molecular flexibility index (Phi) is 35.8. The molecule has 0 amide bonds. The minimum absolute atomic E-state index is 0.0947. The summed E-state index contributed by atoms with van der Waals surface area (Å²) in [6.07, 6.45) is 26.3. The fourth-order valence-electron chi connectivity index (χ4n) is 4.84. The summed E-state index contributed by atoms with van der Waals surface area (Å²) in [4.78, 5) is 0. The van der Waals surface area contributed by atoms with Crippen molar-refractivity contribution in [1.82, 2.24) is 0 Å². The van der Waals surface area contributed by atoms with Gasteiger partial charge in [-0.2, -0.15) is 8.42 Å². The molecule has 240 valence electrons. The normalized spacial score (nSPS) is 12.3. The molecular formula is C33H73FNO3S+. The van der Waals surface area contributed by atoms with Gasteiger partial charge in [0.15, 0.2) is 0 Å². The predicted octanol–water partition coefficient (Wildman–Crippen LogP) is 11.3. The monoisotopic (exact) mass is 583 g/mol. The molecule has 1 atom stereocenters. The lowest BCUT2D eigenvalue weighted by Gasteiger charge is -2.34. The molecule has 0 aromatic heterocycles. The third kappa shape index (κ3) is 32.2. The van der Waals surface area contributed by atoms with E-state index in [0.717, 1.165) is 25.7 Å². The van der Waals surface area contributed by atoms with Gasteiger partial charge in [-0.3, -0.25) is 4.55 Å². The first-order valence-corrected chi connectivity index (χ1v) is 18.6. The molecule has 0 radical (unpaired) electrons. The van der Waals surface area contributed by atoms with Crippen molar-refractivity contribution in [1.29, 1.82) is 0 Å². The molecule has 4 nitrogen and oxygen atoms in total. The van der Waals surface area contributed by atoms with E-state index in [2.05, 4.69) is 48.5 Å². The minimum Gasteiger partial charge on any atom is -0.325 e. The highest BCUT2D eigenvalue weighted by molar-refractivity contribution is 7.86.